The van der Waals surface area contributed by atoms with Crippen molar-refractivity contribution in [2.75, 3.05) is 27.8 Å². The molecule has 0 unspecified atom stereocenters. The number of hydrogen-bond donors (Lipinski definition) is 2. The first kappa shape index (κ1) is 19.4. The van der Waals surface area contributed by atoms with Crippen LogP contribution in [0.4, 0.5) is 0 Å². The lowest BCUT2D eigenvalue weighted by atomic mass is 10.2. The lowest BCUT2D eigenvalue weighted by molar-refractivity contribution is 0.340. The number of aromatic hydroxyl groups is 1. The Hall–Kier alpha value is -2.89. The number of benzene rings is 2. The molecule has 2 aromatic rings. The first-order valence-corrected chi connectivity index (χ1v) is 8.56. The molecule has 0 aliphatic heterocycles. The Morgan fingerprint density at radius 3 is 2.46 bits per heavy atom. The lowest BCUT2D eigenvalue weighted by Crippen LogP contribution is -2.38. The molecule has 2 aromatic carbocycles. The van der Waals surface area contributed by atoms with Gasteiger partial charge in [-0.25, -0.2) is 0 Å². The normalized spacial score (nSPS) is 11.2. The molecule has 0 spiro atoms. The van der Waals surface area contributed by atoms with Crippen molar-refractivity contribution in [2.45, 2.75) is 20.0 Å². The average Bonchev–Trinajstić information content (AvgIpc) is 2.65. The van der Waals surface area contributed by atoms with Crippen LogP contribution >= 0.6 is 0 Å². The van der Waals surface area contributed by atoms with Crippen molar-refractivity contribution in [3.05, 3.63) is 53.6 Å². The van der Waals surface area contributed by atoms with Crippen LogP contribution in [0.3, 0.4) is 0 Å². The molecule has 0 aliphatic rings. The van der Waals surface area contributed by atoms with Gasteiger partial charge < -0.3 is 24.8 Å². The first-order valence-electron chi connectivity index (χ1n) is 8.56. The predicted octanol–water partition coefficient (Wildman–Crippen LogP) is 3.01. The fourth-order valence-corrected chi connectivity index (χ4v) is 2.60. The van der Waals surface area contributed by atoms with Crippen LogP contribution in [0.1, 0.15) is 18.1 Å². The number of guanidine groups is 1. The summed E-state index contributed by atoms with van der Waals surface area (Å²) in [6.07, 6.45) is 0. The molecule has 6 nitrogen and oxygen atoms in total. The quantitative estimate of drug-likeness (QED) is 0.589. The van der Waals surface area contributed by atoms with E-state index in [1.54, 1.807) is 26.3 Å². The molecule has 26 heavy (non-hydrogen) atoms. The van der Waals surface area contributed by atoms with Crippen LogP contribution in [-0.4, -0.2) is 43.8 Å². The van der Waals surface area contributed by atoms with Crippen LogP contribution in [0.5, 0.6) is 17.2 Å². The van der Waals surface area contributed by atoms with Gasteiger partial charge in [-0.1, -0.05) is 12.1 Å². The Morgan fingerprint density at radius 2 is 1.85 bits per heavy atom. The number of nitrogens with zero attached hydrogens (tertiary/aromatic N) is 2. The maximum absolute atomic E-state index is 10.00. The summed E-state index contributed by atoms with van der Waals surface area (Å²) in [4.78, 5) is 6.33. The molecule has 0 bridgehead atoms. The maximum Gasteiger partial charge on any atom is 0.193 e. The summed E-state index contributed by atoms with van der Waals surface area (Å²) in [6.45, 7) is 3.78. The molecule has 0 saturated carbocycles. The summed E-state index contributed by atoms with van der Waals surface area (Å²) in [6, 6.07) is 13.2. The Balaban J connectivity index is 1.97. The number of methoxy groups -OCH3 is 1. The Morgan fingerprint density at radius 1 is 1.15 bits per heavy atom. The molecule has 0 amide bonds. The summed E-state index contributed by atoms with van der Waals surface area (Å²) in [7, 11) is 5.31. The van der Waals surface area contributed by atoms with Crippen LogP contribution in [-0.2, 0) is 13.1 Å². The van der Waals surface area contributed by atoms with Crippen molar-refractivity contribution in [3.8, 4) is 17.2 Å². The van der Waals surface area contributed by atoms with Crippen LogP contribution in [0.15, 0.2) is 47.5 Å². The second-order valence-electron chi connectivity index (χ2n) is 5.83. The summed E-state index contributed by atoms with van der Waals surface area (Å²) in [5, 5.41) is 13.3. The highest BCUT2D eigenvalue weighted by Gasteiger charge is 2.09. The highest BCUT2D eigenvalue weighted by Crippen LogP contribution is 2.22. The molecule has 2 rings (SSSR count). The minimum absolute atomic E-state index is 0.225. The van der Waals surface area contributed by atoms with Crippen LogP contribution in [0.2, 0.25) is 0 Å². The number of nitrogens with one attached hydrogen (secondary N) is 1. The van der Waals surface area contributed by atoms with Gasteiger partial charge in [-0.15, -0.1) is 0 Å². The van der Waals surface area contributed by atoms with Gasteiger partial charge in [0, 0.05) is 32.7 Å². The minimum Gasteiger partial charge on any atom is -0.508 e. The maximum atomic E-state index is 10.00. The molecular formula is C20H27N3O3. The van der Waals surface area contributed by atoms with Crippen LogP contribution in [0.25, 0.3) is 0 Å². The number of phenols is 1. The van der Waals surface area contributed by atoms with E-state index < -0.39 is 0 Å². The van der Waals surface area contributed by atoms with Gasteiger partial charge in [-0.2, -0.15) is 0 Å². The van der Waals surface area contributed by atoms with E-state index >= 15 is 0 Å². The van der Waals surface area contributed by atoms with E-state index in [4.69, 9.17) is 9.47 Å². The van der Waals surface area contributed by atoms with Gasteiger partial charge in [0.25, 0.3) is 0 Å². The summed E-state index contributed by atoms with van der Waals surface area (Å²) < 4.78 is 10.7. The third kappa shape index (κ3) is 5.31. The topological polar surface area (TPSA) is 66.3 Å². The molecule has 0 radical (unpaired) electrons. The van der Waals surface area contributed by atoms with Gasteiger partial charge >= 0.3 is 0 Å². The van der Waals surface area contributed by atoms with Gasteiger partial charge in [0.1, 0.15) is 17.2 Å². The number of hydrogen-bond acceptors (Lipinski definition) is 4. The SMILES string of the molecule is CCOc1ccc(CN(C)C(=NC)NCc2cc(OC)ccc2O)cc1. The van der Waals surface area contributed by atoms with Gasteiger partial charge in [-0.05, 0) is 42.8 Å². The van der Waals surface area contributed by atoms with Crippen molar-refractivity contribution in [1.29, 1.82) is 0 Å². The third-order valence-electron chi connectivity index (χ3n) is 3.95. The second-order valence-corrected chi connectivity index (χ2v) is 5.83. The number of ether oxygens (including phenoxy) is 2. The van der Waals surface area contributed by atoms with E-state index in [0.717, 1.165) is 22.8 Å². The zero-order valence-corrected chi connectivity index (χ0v) is 15.8. The van der Waals surface area contributed by atoms with Crippen molar-refractivity contribution < 1.29 is 14.6 Å². The lowest BCUT2D eigenvalue weighted by Gasteiger charge is -2.22. The standard InChI is InChI=1S/C20H27N3O3/c1-5-26-17-8-6-15(7-9-17)14-23(3)20(21-2)22-13-16-12-18(25-4)10-11-19(16)24/h6-12,24H,5,13-14H2,1-4H3,(H,21,22). The summed E-state index contributed by atoms with van der Waals surface area (Å²) in [5.74, 6) is 2.54. The minimum atomic E-state index is 0.225. The fraction of sp³-hybridized carbons (Fsp3) is 0.350. The largest absolute Gasteiger partial charge is 0.508 e. The molecule has 0 aliphatic carbocycles. The Kier molecular flexibility index (Phi) is 7.14. The molecule has 0 atom stereocenters. The number of rotatable bonds is 7. The highest BCUT2D eigenvalue weighted by atomic mass is 16.5. The molecule has 0 saturated heterocycles. The monoisotopic (exact) mass is 357 g/mol. The fourth-order valence-electron chi connectivity index (χ4n) is 2.60. The molecule has 0 heterocycles. The van der Waals surface area contributed by atoms with Gasteiger partial charge in [-0.3, -0.25) is 4.99 Å². The third-order valence-corrected chi connectivity index (χ3v) is 3.95. The van der Waals surface area contributed by atoms with Crippen molar-refractivity contribution in [3.63, 3.8) is 0 Å². The molecule has 140 valence electrons. The molecule has 6 heteroatoms. The molecule has 0 fully saturated rings. The Bertz CT molecular complexity index is 730. The zero-order valence-electron chi connectivity index (χ0n) is 15.8. The first-order chi connectivity index (χ1) is 12.6. The van der Waals surface area contributed by atoms with Crippen molar-refractivity contribution in [2.24, 2.45) is 4.99 Å². The van der Waals surface area contributed by atoms with Gasteiger partial charge in [0.05, 0.1) is 13.7 Å². The van der Waals surface area contributed by atoms with Crippen molar-refractivity contribution in [1.82, 2.24) is 10.2 Å². The molecule has 0 aromatic heterocycles. The summed E-state index contributed by atoms with van der Waals surface area (Å²) >= 11 is 0. The van der Waals surface area contributed by atoms with Crippen LogP contribution < -0.4 is 14.8 Å². The van der Waals surface area contributed by atoms with Crippen LogP contribution in [0, 0.1) is 0 Å². The van der Waals surface area contributed by atoms with E-state index in [1.807, 2.05) is 49.2 Å². The van der Waals surface area contributed by atoms with Crippen molar-refractivity contribution >= 4 is 5.96 Å². The van der Waals surface area contributed by atoms with Gasteiger partial charge in [0.15, 0.2) is 5.96 Å². The average molecular weight is 357 g/mol. The zero-order chi connectivity index (χ0) is 18.9. The van der Waals surface area contributed by atoms with E-state index in [0.29, 0.717) is 25.4 Å². The Labute approximate surface area is 155 Å². The molecular weight excluding hydrogens is 330 g/mol. The van der Waals surface area contributed by atoms with Gasteiger partial charge in [0.2, 0.25) is 0 Å². The van der Waals surface area contributed by atoms with E-state index in [-0.39, 0.29) is 5.75 Å². The van der Waals surface area contributed by atoms with E-state index in [2.05, 4.69) is 10.3 Å². The second kappa shape index (κ2) is 9.56. The highest BCUT2D eigenvalue weighted by molar-refractivity contribution is 5.79. The molecule has 2 N–H and O–H groups in total. The van der Waals surface area contributed by atoms with E-state index in [1.165, 1.54) is 0 Å². The number of phenolic OH excluding ortho intramolecular Hbond substituents is 1. The number of aliphatic imine (C=N–C) groups is 1. The van der Waals surface area contributed by atoms with E-state index in [9.17, 15) is 5.11 Å². The summed E-state index contributed by atoms with van der Waals surface area (Å²) in [5.41, 5.74) is 1.91. The smallest absolute Gasteiger partial charge is 0.193 e. The predicted molar refractivity (Wildman–Crippen MR) is 104 cm³/mol.